The third-order valence-corrected chi connectivity index (χ3v) is 4.40. The zero-order valence-electron chi connectivity index (χ0n) is 14.8. The molecule has 3 rings (SSSR count). The number of esters is 1. The van der Waals surface area contributed by atoms with E-state index in [0.29, 0.717) is 17.1 Å². The first-order valence-electron chi connectivity index (χ1n) is 8.27. The second kappa shape index (κ2) is 7.19. The highest BCUT2D eigenvalue weighted by Crippen LogP contribution is 2.28. The number of rotatable bonds is 4. The number of nitrogens with zero attached hydrogens (tertiary/aromatic N) is 1. The first-order valence-corrected chi connectivity index (χ1v) is 8.27. The molecule has 0 aliphatic carbocycles. The molecule has 1 amide bonds. The van der Waals surface area contributed by atoms with Crippen LogP contribution in [-0.4, -0.2) is 42.6 Å². The van der Waals surface area contributed by atoms with E-state index in [4.69, 9.17) is 13.9 Å². The molecule has 0 N–H and O–H groups in total. The van der Waals surface area contributed by atoms with E-state index in [1.165, 1.54) is 24.1 Å². The average molecular weight is 361 g/mol. The molecule has 0 unspecified atom stereocenters. The van der Waals surface area contributed by atoms with Gasteiger partial charge in [-0.25, -0.2) is 9.18 Å². The van der Waals surface area contributed by atoms with Crippen molar-refractivity contribution in [3.63, 3.8) is 0 Å². The zero-order valence-corrected chi connectivity index (χ0v) is 14.8. The standard InChI is InChI=1S/C19H20FNO5/c1-11-8-14(12(2)25-11)18(22)21-10-13(9-16(21)19(23)24-3)26-17-7-5-4-6-15(17)20/h4-8,13,16H,9-10H2,1-3H3/t13-,16-/m1/s1. The van der Waals surface area contributed by atoms with Gasteiger partial charge in [0.15, 0.2) is 11.6 Å². The lowest BCUT2D eigenvalue weighted by Gasteiger charge is -2.22. The first-order chi connectivity index (χ1) is 12.4. The van der Waals surface area contributed by atoms with Crippen LogP contribution in [0.5, 0.6) is 5.75 Å². The highest BCUT2D eigenvalue weighted by atomic mass is 19.1. The van der Waals surface area contributed by atoms with Crippen LogP contribution in [0.1, 0.15) is 28.3 Å². The molecule has 0 bridgehead atoms. The summed E-state index contributed by atoms with van der Waals surface area (Å²) in [5.74, 6) is -0.183. The third kappa shape index (κ3) is 3.42. The summed E-state index contributed by atoms with van der Waals surface area (Å²) in [5.41, 5.74) is 0.392. The molecule has 0 spiro atoms. The molecule has 6 nitrogen and oxygen atoms in total. The number of ether oxygens (including phenoxy) is 2. The topological polar surface area (TPSA) is 69.0 Å². The van der Waals surface area contributed by atoms with Crippen molar-refractivity contribution < 1.29 is 27.9 Å². The van der Waals surface area contributed by atoms with Crippen molar-refractivity contribution in [2.45, 2.75) is 32.4 Å². The summed E-state index contributed by atoms with van der Waals surface area (Å²) >= 11 is 0. The molecule has 138 valence electrons. The minimum Gasteiger partial charge on any atom is -0.485 e. The van der Waals surface area contributed by atoms with Gasteiger partial charge in [-0.3, -0.25) is 4.79 Å². The third-order valence-electron chi connectivity index (χ3n) is 4.40. The molecule has 2 aromatic rings. The molecular weight excluding hydrogens is 341 g/mol. The minimum atomic E-state index is -0.793. The van der Waals surface area contributed by atoms with Gasteiger partial charge in [-0.2, -0.15) is 0 Å². The van der Waals surface area contributed by atoms with Crippen LogP contribution < -0.4 is 4.74 Å². The van der Waals surface area contributed by atoms with Crippen molar-refractivity contribution >= 4 is 11.9 Å². The van der Waals surface area contributed by atoms with Crippen LogP contribution in [0.4, 0.5) is 4.39 Å². The molecule has 26 heavy (non-hydrogen) atoms. The average Bonchev–Trinajstić information content (AvgIpc) is 3.18. The van der Waals surface area contributed by atoms with Crippen molar-refractivity contribution in [1.82, 2.24) is 4.90 Å². The molecule has 1 aromatic carbocycles. The van der Waals surface area contributed by atoms with Crippen LogP contribution in [0, 0.1) is 19.7 Å². The van der Waals surface area contributed by atoms with E-state index in [2.05, 4.69) is 0 Å². The van der Waals surface area contributed by atoms with Gasteiger partial charge < -0.3 is 18.8 Å². The van der Waals surface area contributed by atoms with Gasteiger partial charge in [0, 0.05) is 6.42 Å². The molecule has 1 aliphatic rings. The number of carbonyl (C=O) groups excluding carboxylic acids is 2. The lowest BCUT2D eigenvalue weighted by atomic mass is 10.1. The predicted molar refractivity (Wildman–Crippen MR) is 90.5 cm³/mol. The predicted octanol–water partition coefficient (Wildman–Crippen LogP) is 2.87. The second-order valence-corrected chi connectivity index (χ2v) is 6.23. The fourth-order valence-corrected chi connectivity index (χ4v) is 3.18. The van der Waals surface area contributed by atoms with Gasteiger partial charge in [0.05, 0.1) is 19.2 Å². The Balaban J connectivity index is 1.83. The Kier molecular flexibility index (Phi) is 4.97. The Labute approximate surface area is 150 Å². The molecule has 0 saturated carbocycles. The van der Waals surface area contributed by atoms with E-state index in [9.17, 15) is 14.0 Å². The summed E-state index contributed by atoms with van der Waals surface area (Å²) < 4.78 is 29.7. The van der Waals surface area contributed by atoms with E-state index in [-0.39, 0.29) is 24.6 Å². The summed E-state index contributed by atoms with van der Waals surface area (Å²) in [6, 6.07) is 6.87. The maximum atomic E-state index is 13.8. The normalized spacial score (nSPS) is 19.5. The van der Waals surface area contributed by atoms with Crippen LogP contribution in [0.2, 0.25) is 0 Å². The summed E-state index contributed by atoms with van der Waals surface area (Å²) in [7, 11) is 1.27. The Hall–Kier alpha value is -2.83. The number of benzene rings is 1. The van der Waals surface area contributed by atoms with Crippen molar-refractivity contribution in [3.8, 4) is 5.75 Å². The molecule has 0 radical (unpaired) electrons. The first kappa shape index (κ1) is 18.0. The Morgan fingerprint density at radius 1 is 1.27 bits per heavy atom. The van der Waals surface area contributed by atoms with Gasteiger partial charge in [0.2, 0.25) is 0 Å². The fraction of sp³-hybridized carbons (Fsp3) is 0.368. The molecule has 1 aliphatic heterocycles. The highest BCUT2D eigenvalue weighted by Gasteiger charge is 2.42. The van der Waals surface area contributed by atoms with Gasteiger partial charge in [0.1, 0.15) is 23.7 Å². The summed E-state index contributed by atoms with van der Waals surface area (Å²) in [4.78, 5) is 26.4. The Bertz CT molecular complexity index is 831. The second-order valence-electron chi connectivity index (χ2n) is 6.23. The van der Waals surface area contributed by atoms with Crippen LogP contribution in [0.15, 0.2) is 34.7 Å². The maximum absolute atomic E-state index is 13.8. The molecule has 2 heterocycles. The van der Waals surface area contributed by atoms with Gasteiger partial charge in [0.25, 0.3) is 5.91 Å². The highest BCUT2D eigenvalue weighted by molar-refractivity contribution is 5.98. The van der Waals surface area contributed by atoms with Crippen LogP contribution >= 0.6 is 0 Å². The number of halogens is 1. The van der Waals surface area contributed by atoms with Crippen molar-refractivity contribution in [2.75, 3.05) is 13.7 Å². The lowest BCUT2D eigenvalue weighted by Crippen LogP contribution is -2.41. The smallest absolute Gasteiger partial charge is 0.328 e. The summed E-state index contributed by atoms with van der Waals surface area (Å²) in [5, 5.41) is 0. The van der Waals surface area contributed by atoms with Gasteiger partial charge in [-0.15, -0.1) is 0 Å². The summed E-state index contributed by atoms with van der Waals surface area (Å²) in [6.45, 7) is 3.59. The van der Waals surface area contributed by atoms with E-state index in [0.717, 1.165) is 0 Å². The van der Waals surface area contributed by atoms with Crippen LogP contribution in [-0.2, 0) is 9.53 Å². The number of para-hydroxylation sites is 1. The number of methoxy groups -OCH3 is 1. The van der Waals surface area contributed by atoms with Crippen molar-refractivity contribution in [1.29, 1.82) is 0 Å². The molecular formula is C19H20FNO5. The molecule has 7 heteroatoms. The Morgan fingerprint density at radius 2 is 2.00 bits per heavy atom. The minimum absolute atomic E-state index is 0.0887. The van der Waals surface area contributed by atoms with Crippen molar-refractivity contribution in [2.24, 2.45) is 0 Å². The van der Waals surface area contributed by atoms with Crippen LogP contribution in [0.25, 0.3) is 0 Å². The molecule has 1 fully saturated rings. The number of likely N-dealkylation sites (tertiary alicyclic amines) is 1. The lowest BCUT2D eigenvalue weighted by molar-refractivity contribution is -0.145. The van der Waals surface area contributed by atoms with Gasteiger partial charge in [-0.1, -0.05) is 12.1 Å². The van der Waals surface area contributed by atoms with E-state index < -0.39 is 23.9 Å². The fourth-order valence-electron chi connectivity index (χ4n) is 3.18. The molecule has 1 saturated heterocycles. The number of aryl methyl sites for hydroxylation is 2. The number of furan rings is 1. The summed E-state index contributed by atoms with van der Waals surface area (Å²) in [6.07, 6.45) is -0.295. The number of hydrogen-bond acceptors (Lipinski definition) is 5. The van der Waals surface area contributed by atoms with Crippen molar-refractivity contribution in [3.05, 3.63) is 53.2 Å². The molecule has 1 aromatic heterocycles. The van der Waals surface area contributed by atoms with Gasteiger partial charge in [-0.05, 0) is 32.0 Å². The molecule has 2 atom stereocenters. The SMILES string of the molecule is COC(=O)[C@H]1C[C@@H](Oc2ccccc2F)CN1C(=O)c1cc(C)oc1C. The number of amides is 1. The number of hydrogen-bond donors (Lipinski definition) is 0. The monoisotopic (exact) mass is 361 g/mol. The van der Waals surface area contributed by atoms with E-state index >= 15 is 0 Å². The maximum Gasteiger partial charge on any atom is 0.328 e. The zero-order chi connectivity index (χ0) is 18.8. The van der Waals surface area contributed by atoms with E-state index in [1.54, 1.807) is 32.0 Å². The van der Waals surface area contributed by atoms with E-state index in [1.807, 2.05) is 0 Å². The largest absolute Gasteiger partial charge is 0.485 e. The van der Waals surface area contributed by atoms with Crippen LogP contribution in [0.3, 0.4) is 0 Å². The van der Waals surface area contributed by atoms with Gasteiger partial charge >= 0.3 is 5.97 Å². The quantitative estimate of drug-likeness (QED) is 0.784. The Morgan fingerprint density at radius 3 is 2.62 bits per heavy atom. The number of carbonyl (C=O) groups is 2.